The first-order chi connectivity index (χ1) is 10.6. The highest BCUT2D eigenvalue weighted by molar-refractivity contribution is 9.10. The predicted molar refractivity (Wildman–Crippen MR) is 89.6 cm³/mol. The number of benzene rings is 2. The van der Waals surface area contributed by atoms with Crippen LogP contribution in [0.15, 0.2) is 46.9 Å². The monoisotopic (exact) mass is 363 g/mol. The number of halogens is 1. The number of para-hydroxylation sites is 1. The van der Waals surface area contributed by atoms with Gasteiger partial charge in [-0.3, -0.25) is 4.79 Å². The Balaban J connectivity index is 2.20. The molecule has 0 aliphatic heterocycles. The van der Waals surface area contributed by atoms with E-state index in [1.807, 2.05) is 31.2 Å². The van der Waals surface area contributed by atoms with E-state index in [1.165, 1.54) is 7.11 Å². The van der Waals surface area contributed by atoms with Gasteiger partial charge in [0, 0.05) is 4.47 Å². The first kappa shape index (κ1) is 16.4. The van der Waals surface area contributed by atoms with E-state index in [1.54, 1.807) is 25.3 Å². The Morgan fingerprint density at radius 3 is 2.36 bits per heavy atom. The Morgan fingerprint density at radius 1 is 1.09 bits per heavy atom. The second kappa shape index (κ2) is 7.31. The molecule has 0 aliphatic rings. The minimum Gasteiger partial charge on any atom is -0.493 e. The second-order valence-electron chi connectivity index (χ2n) is 4.79. The number of nitrogens with one attached hydrogen (secondary N) is 1. The fourth-order valence-corrected chi connectivity index (χ4v) is 2.44. The molecular weight excluding hydrogens is 346 g/mol. The fraction of sp³-hybridized carbons (Fsp3) is 0.235. The van der Waals surface area contributed by atoms with Crippen LogP contribution >= 0.6 is 15.9 Å². The van der Waals surface area contributed by atoms with Crippen molar-refractivity contribution < 1.29 is 14.3 Å². The lowest BCUT2D eigenvalue weighted by molar-refractivity contribution is 0.0936. The number of methoxy groups -OCH3 is 2. The number of carbonyl (C=O) groups excluding carboxylic acids is 1. The molecule has 0 spiro atoms. The lowest BCUT2D eigenvalue weighted by Gasteiger charge is -2.17. The maximum Gasteiger partial charge on any atom is 0.255 e. The first-order valence-electron chi connectivity index (χ1n) is 6.84. The van der Waals surface area contributed by atoms with Gasteiger partial charge in [-0.1, -0.05) is 34.1 Å². The summed E-state index contributed by atoms with van der Waals surface area (Å²) in [6.45, 7) is 1.94. The summed E-state index contributed by atoms with van der Waals surface area (Å²) in [6.07, 6.45) is 0. The highest BCUT2D eigenvalue weighted by atomic mass is 79.9. The van der Waals surface area contributed by atoms with Gasteiger partial charge in [0.2, 0.25) is 0 Å². The number of amides is 1. The number of ether oxygens (including phenoxy) is 2. The van der Waals surface area contributed by atoms with Crippen LogP contribution in [0.25, 0.3) is 0 Å². The topological polar surface area (TPSA) is 47.6 Å². The van der Waals surface area contributed by atoms with Crippen molar-refractivity contribution in [3.63, 3.8) is 0 Å². The molecule has 2 rings (SSSR count). The third-order valence-electron chi connectivity index (χ3n) is 3.37. The summed E-state index contributed by atoms with van der Waals surface area (Å²) in [5.74, 6) is 0.767. The van der Waals surface area contributed by atoms with Crippen molar-refractivity contribution in [3.05, 3.63) is 58.1 Å². The van der Waals surface area contributed by atoms with Gasteiger partial charge in [-0.25, -0.2) is 0 Å². The molecule has 0 saturated heterocycles. The molecule has 0 aromatic heterocycles. The molecule has 0 radical (unpaired) electrons. The summed E-state index contributed by atoms with van der Waals surface area (Å²) >= 11 is 3.40. The van der Waals surface area contributed by atoms with Crippen LogP contribution < -0.4 is 14.8 Å². The number of carbonyl (C=O) groups is 1. The van der Waals surface area contributed by atoms with Gasteiger partial charge in [0.25, 0.3) is 5.91 Å². The van der Waals surface area contributed by atoms with Crippen LogP contribution in [0, 0.1) is 0 Å². The molecule has 116 valence electrons. The summed E-state index contributed by atoms with van der Waals surface area (Å²) in [5, 5.41) is 2.97. The van der Waals surface area contributed by atoms with E-state index in [0.29, 0.717) is 17.1 Å². The van der Waals surface area contributed by atoms with Gasteiger partial charge >= 0.3 is 0 Å². The Morgan fingerprint density at radius 2 is 1.77 bits per heavy atom. The molecule has 0 bridgehead atoms. The minimum absolute atomic E-state index is 0.114. The van der Waals surface area contributed by atoms with Crippen molar-refractivity contribution in [1.29, 1.82) is 0 Å². The predicted octanol–water partition coefficient (Wildman–Crippen LogP) is 3.96. The van der Waals surface area contributed by atoms with E-state index in [9.17, 15) is 4.79 Å². The molecule has 4 nitrogen and oxygen atoms in total. The molecule has 0 fully saturated rings. The van der Waals surface area contributed by atoms with Crippen molar-refractivity contribution in [2.75, 3.05) is 14.2 Å². The molecule has 1 atom stereocenters. The third-order valence-corrected chi connectivity index (χ3v) is 3.89. The SMILES string of the molecule is COc1cccc(C(=O)NC(C)c2ccc(Br)cc2)c1OC. The van der Waals surface area contributed by atoms with Crippen LogP contribution in [-0.4, -0.2) is 20.1 Å². The molecule has 22 heavy (non-hydrogen) atoms. The molecule has 1 unspecified atom stereocenters. The zero-order chi connectivity index (χ0) is 16.1. The Bertz CT molecular complexity index is 655. The average molecular weight is 364 g/mol. The van der Waals surface area contributed by atoms with Gasteiger partial charge < -0.3 is 14.8 Å². The van der Waals surface area contributed by atoms with Crippen molar-refractivity contribution in [3.8, 4) is 11.5 Å². The standard InChI is InChI=1S/C17H18BrNO3/c1-11(12-7-9-13(18)10-8-12)19-17(20)14-5-4-6-15(21-2)16(14)22-3/h4-11H,1-3H3,(H,19,20). The first-order valence-corrected chi connectivity index (χ1v) is 7.63. The Hall–Kier alpha value is -2.01. The summed E-state index contributed by atoms with van der Waals surface area (Å²) < 4.78 is 11.5. The van der Waals surface area contributed by atoms with Crippen LogP contribution in [0.4, 0.5) is 0 Å². The molecule has 1 N–H and O–H groups in total. The molecule has 0 aliphatic carbocycles. The molecule has 5 heteroatoms. The highest BCUT2D eigenvalue weighted by Crippen LogP contribution is 2.31. The Labute approximate surface area is 138 Å². The van der Waals surface area contributed by atoms with E-state index >= 15 is 0 Å². The highest BCUT2D eigenvalue weighted by Gasteiger charge is 2.18. The summed E-state index contributed by atoms with van der Waals surface area (Å²) in [4.78, 5) is 12.5. The lowest BCUT2D eigenvalue weighted by atomic mass is 10.1. The number of rotatable bonds is 5. The molecule has 0 heterocycles. The van der Waals surface area contributed by atoms with Gasteiger partial charge in [-0.05, 0) is 36.8 Å². The van der Waals surface area contributed by atoms with Crippen LogP contribution in [0.5, 0.6) is 11.5 Å². The Kier molecular flexibility index (Phi) is 5.44. The molecule has 1 amide bonds. The third kappa shape index (κ3) is 3.60. The van der Waals surface area contributed by atoms with Gasteiger partial charge in [-0.15, -0.1) is 0 Å². The van der Waals surface area contributed by atoms with Crippen molar-refractivity contribution in [1.82, 2.24) is 5.32 Å². The zero-order valence-corrected chi connectivity index (χ0v) is 14.3. The molecule has 2 aromatic rings. The fourth-order valence-electron chi connectivity index (χ4n) is 2.18. The zero-order valence-electron chi connectivity index (χ0n) is 12.7. The lowest BCUT2D eigenvalue weighted by Crippen LogP contribution is -2.27. The van der Waals surface area contributed by atoms with E-state index in [4.69, 9.17) is 9.47 Å². The van der Waals surface area contributed by atoms with Crippen molar-refractivity contribution in [2.24, 2.45) is 0 Å². The quantitative estimate of drug-likeness (QED) is 0.874. The van der Waals surface area contributed by atoms with E-state index in [0.717, 1.165) is 10.0 Å². The van der Waals surface area contributed by atoms with Gasteiger partial charge in [0.15, 0.2) is 11.5 Å². The molecule has 0 saturated carbocycles. The largest absolute Gasteiger partial charge is 0.493 e. The van der Waals surface area contributed by atoms with Gasteiger partial charge in [0.1, 0.15) is 0 Å². The van der Waals surface area contributed by atoms with Gasteiger partial charge in [0.05, 0.1) is 25.8 Å². The van der Waals surface area contributed by atoms with Crippen LogP contribution in [0.1, 0.15) is 28.9 Å². The van der Waals surface area contributed by atoms with E-state index in [-0.39, 0.29) is 11.9 Å². The smallest absolute Gasteiger partial charge is 0.255 e. The van der Waals surface area contributed by atoms with E-state index < -0.39 is 0 Å². The summed E-state index contributed by atoms with van der Waals surface area (Å²) in [6, 6.07) is 13.0. The summed E-state index contributed by atoms with van der Waals surface area (Å²) in [5.41, 5.74) is 1.48. The van der Waals surface area contributed by atoms with E-state index in [2.05, 4.69) is 21.2 Å². The van der Waals surface area contributed by atoms with Gasteiger partial charge in [-0.2, -0.15) is 0 Å². The average Bonchev–Trinajstić information content (AvgIpc) is 2.54. The number of hydrogen-bond acceptors (Lipinski definition) is 3. The number of hydrogen-bond donors (Lipinski definition) is 1. The normalized spacial score (nSPS) is 11.6. The molecular formula is C17H18BrNO3. The maximum absolute atomic E-state index is 12.5. The van der Waals surface area contributed by atoms with Crippen molar-refractivity contribution in [2.45, 2.75) is 13.0 Å². The minimum atomic E-state index is -0.203. The van der Waals surface area contributed by atoms with Crippen molar-refractivity contribution >= 4 is 21.8 Å². The summed E-state index contributed by atoms with van der Waals surface area (Å²) in [7, 11) is 3.07. The maximum atomic E-state index is 12.5. The van der Waals surface area contributed by atoms with Crippen LogP contribution in [0.3, 0.4) is 0 Å². The van der Waals surface area contributed by atoms with Crippen LogP contribution in [-0.2, 0) is 0 Å². The van der Waals surface area contributed by atoms with Crippen LogP contribution in [0.2, 0.25) is 0 Å². The second-order valence-corrected chi connectivity index (χ2v) is 5.70. The molecule has 2 aromatic carbocycles.